The summed E-state index contributed by atoms with van der Waals surface area (Å²) in [7, 11) is 0. The molecule has 1 N–H and O–H groups in total. The molecule has 1 heterocycles. The first-order valence-electron chi connectivity index (χ1n) is 7.01. The first-order chi connectivity index (χ1) is 9.61. The molecule has 1 fully saturated rings. The summed E-state index contributed by atoms with van der Waals surface area (Å²) in [6, 6.07) is 5.40. The van der Waals surface area contributed by atoms with Crippen molar-refractivity contribution in [2.75, 3.05) is 24.6 Å². The number of carbonyl (C=O) groups is 1. The van der Waals surface area contributed by atoms with Crippen molar-refractivity contribution in [3.63, 3.8) is 0 Å². The van der Waals surface area contributed by atoms with E-state index in [0.29, 0.717) is 10.0 Å². The Morgan fingerprint density at radius 1 is 1.55 bits per heavy atom. The minimum Gasteiger partial charge on any atom is -0.478 e. The summed E-state index contributed by atoms with van der Waals surface area (Å²) >= 11 is 3.33. The predicted octanol–water partition coefficient (Wildman–Crippen LogP) is 3.54. The molecule has 1 unspecified atom stereocenters. The van der Waals surface area contributed by atoms with Gasteiger partial charge in [0.05, 0.1) is 11.7 Å². The van der Waals surface area contributed by atoms with Crippen molar-refractivity contribution in [2.24, 2.45) is 0 Å². The van der Waals surface area contributed by atoms with Crippen LogP contribution >= 0.6 is 15.9 Å². The van der Waals surface area contributed by atoms with E-state index in [9.17, 15) is 4.79 Å². The van der Waals surface area contributed by atoms with Gasteiger partial charge in [0.25, 0.3) is 0 Å². The molecule has 1 saturated heterocycles. The Hall–Kier alpha value is -1.07. The Morgan fingerprint density at radius 3 is 3.00 bits per heavy atom. The zero-order chi connectivity index (χ0) is 14.5. The van der Waals surface area contributed by atoms with E-state index in [0.717, 1.165) is 44.6 Å². The van der Waals surface area contributed by atoms with Crippen molar-refractivity contribution < 1.29 is 14.6 Å². The van der Waals surface area contributed by atoms with Gasteiger partial charge in [-0.05, 0) is 53.4 Å². The van der Waals surface area contributed by atoms with E-state index in [-0.39, 0.29) is 6.10 Å². The smallest absolute Gasteiger partial charge is 0.336 e. The molecule has 110 valence electrons. The van der Waals surface area contributed by atoms with Gasteiger partial charge in [-0.25, -0.2) is 4.79 Å². The Labute approximate surface area is 127 Å². The third-order valence-electron chi connectivity index (χ3n) is 3.48. The van der Waals surface area contributed by atoms with Crippen molar-refractivity contribution in [3.8, 4) is 0 Å². The second kappa shape index (κ2) is 7.09. The van der Waals surface area contributed by atoms with Gasteiger partial charge in [0.1, 0.15) is 0 Å². The lowest BCUT2D eigenvalue weighted by Gasteiger charge is -2.34. The van der Waals surface area contributed by atoms with Gasteiger partial charge in [-0.1, -0.05) is 6.92 Å². The number of benzene rings is 1. The van der Waals surface area contributed by atoms with Gasteiger partial charge < -0.3 is 14.7 Å². The van der Waals surface area contributed by atoms with Gasteiger partial charge in [-0.2, -0.15) is 0 Å². The maximum Gasteiger partial charge on any atom is 0.336 e. The van der Waals surface area contributed by atoms with Crippen LogP contribution in [0.1, 0.15) is 36.5 Å². The van der Waals surface area contributed by atoms with Crippen LogP contribution in [0.2, 0.25) is 0 Å². The number of carboxylic acids is 1. The Morgan fingerprint density at radius 2 is 2.35 bits per heavy atom. The van der Waals surface area contributed by atoms with Crippen LogP contribution in [0.5, 0.6) is 0 Å². The van der Waals surface area contributed by atoms with Crippen LogP contribution in [0.25, 0.3) is 0 Å². The fourth-order valence-electron chi connectivity index (χ4n) is 2.47. The molecular weight excluding hydrogens is 322 g/mol. The van der Waals surface area contributed by atoms with Crippen molar-refractivity contribution in [3.05, 3.63) is 28.2 Å². The molecule has 1 aromatic carbocycles. The summed E-state index contributed by atoms with van der Waals surface area (Å²) in [4.78, 5) is 13.3. The molecule has 0 radical (unpaired) electrons. The fraction of sp³-hybridized carbons (Fsp3) is 0.533. The number of ether oxygens (including phenoxy) is 1. The predicted molar refractivity (Wildman–Crippen MR) is 82.6 cm³/mol. The standard InChI is InChI=1S/C15H20BrNO3/c1-2-8-20-12-4-3-7-17(10-12)11-5-6-13(15(18)19)14(16)9-11/h5-6,9,12H,2-4,7-8,10H2,1H3,(H,18,19). The number of carboxylic acid groups (broad SMARTS) is 1. The molecule has 0 bridgehead atoms. The van der Waals surface area contributed by atoms with E-state index < -0.39 is 5.97 Å². The van der Waals surface area contributed by atoms with Crippen LogP contribution in [-0.4, -0.2) is 36.9 Å². The molecule has 0 aliphatic carbocycles. The van der Waals surface area contributed by atoms with Gasteiger partial charge in [-0.15, -0.1) is 0 Å². The summed E-state index contributed by atoms with van der Waals surface area (Å²) in [6.07, 6.45) is 3.52. The monoisotopic (exact) mass is 341 g/mol. The largest absolute Gasteiger partial charge is 0.478 e. The van der Waals surface area contributed by atoms with E-state index in [1.54, 1.807) is 6.07 Å². The summed E-state index contributed by atoms with van der Waals surface area (Å²) in [5.74, 6) is -0.911. The van der Waals surface area contributed by atoms with Gasteiger partial charge >= 0.3 is 5.97 Å². The number of halogens is 1. The molecule has 1 aromatic rings. The maximum atomic E-state index is 11.0. The van der Waals surface area contributed by atoms with Crippen LogP contribution in [0.3, 0.4) is 0 Å². The molecule has 1 atom stereocenters. The molecule has 0 spiro atoms. The average molecular weight is 342 g/mol. The summed E-state index contributed by atoms with van der Waals surface area (Å²) in [6.45, 7) is 4.78. The first kappa shape index (κ1) is 15.3. The number of rotatable bonds is 5. The van der Waals surface area contributed by atoms with E-state index in [1.807, 2.05) is 12.1 Å². The second-order valence-corrected chi connectivity index (χ2v) is 5.90. The van der Waals surface area contributed by atoms with Gasteiger partial charge in [-0.3, -0.25) is 0 Å². The number of aromatic carboxylic acids is 1. The summed E-state index contributed by atoms with van der Waals surface area (Å²) in [5, 5.41) is 9.04. The molecule has 0 aromatic heterocycles. The highest BCUT2D eigenvalue weighted by molar-refractivity contribution is 9.10. The Kier molecular flexibility index (Phi) is 5.43. The summed E-state index contributed by atoms with van der Waals surface area (Å²) in [5.41, 5.74) is 1.34. The van der Waals surface area contributed by atoms with Crippen LogP contribution in [-0.2, 0) is 4.74 Å². The van der Waals surface area contributed by atoms with Gasteiger partial charge in [0.15, 0.2) is 0 Å². The van der Waals surface area contributed by atoms with E-state index in [4.69, 9.17) is 9.84 Å². The molecule has 20 heavy (non-hydrogen) atoms. The van der Waals surface area contributed by atoms with Crippen molar-refractivity contribution in [1.29, 1.82) is 0 Å². The van der Waals surface area contributed by atoms with Crippen LogP contribution < -0.4 is 4.90 Å². The number of piperidine rings is 1. The highest BCUT2D eigenvalue weighted by Gasteiger charge is 2.21. The zero-order valence-corrected chi connectivity index (χ0v) is 13.2. The topological polar surface area (TPSA) is 49.8 Å². The highest BCUT2D eigenvalue weighted by Crippen LogP contribution is 2.27. The molecule has 2 rings (SSSR count). The zero-order valence-electron chi connectivity index (χ0n) is 11.6. The molecule has 0 saturated carbocycles. The number of nitrogens with zero attached hydrogens (tertiary/aromatic N) is 1. The SMILES string of the molecule is CCCOC1CCCN(c2ccc(C(=O)O)c(Br)c2)C1. The third kappa shape index (κ3) is 3.73. The van der Waals surface area contributed by atoms with E-state index in [1.165, 1.54) is 0 Å². The first-order valence-corrected chi connectivity index (χ1v) is 7.80. The fourth-order valence-corrected chi connectivity index (χ4v) is 3.00. The van der Waals surface area contributed by atoms with E-state index >= 15 is 0 Å². The Balaban J connectivity index is 2.07. The molecule has 5 heteroatoms. The molecule has 0 amide bonds. The lowest BCUT2D eigenvalue weighted by molar-refractivity contribution is 0.0440. The quantitative estimate of drug-likeness (QED) is 0.889. The van der Waals surface area contributed by atoms with Crippen LogP contribution in [0.15, 0.2) is 22.7 Å². The minimum atomic E-state index is -0.911. The Bertz CT molecular complexity index is 478. The summed E-state index contributed by atoms with van der Waals surface area (Å²) < 4.78 is 6.45. The lowest BCUT2D eigenvalue weighted by atomic mass is 10.1. The third-order valence-corrected chi connectivity index (χ3v) is 4.14. The highest BCUT2D eigenvalue weighted by atomic mass is 79.9. The van der Waals surface area contributed by atoms with Crippen LogP contribution in [0.4, 0.5) is 5.69 Å². The molecular formula is C15H20BrNO3. The van der Waals surface area contributed by atoms with Crippen molar-refractivity contribution in [2.45, 2.75) is 32.3 Å². The maximum absolute atomic E-state index is 11.0. The normalized spacial score (nSPS) is 19.1. The van der Waals surface area contributed by atoms with E-state index in [2.05, 4.69) is 27.8 Å². The lowest BCUT2D eigenvalue weighted by Crippen LogP contribution is -2.39. The number of hydrogen-bond acceptors (Lipinski definition) is 3. The molecule has 1 aliphatic rings. The van der Waals surface area contributed by atoms with Crippen molar-refractivity contribution in [1.82, 2.24) is 0 Å². The minimum absolute atomic E-state index is 0.279. The number of hydrogen-bond donors (Lipinski definition) is 1. The van der Waals surface area contributed by atoms with Gasteiger partial charge in [0.2, 0.25) is 0 Å². The van der Waals surface area contributed by atoms with Gasteiger partial charge in [0, 0.05) is 29.9 Å². The average Bonchev–Trinajstić information content (AvgIpc) is 2.45. The molecule has 1 aliphatic heterocycles. The molecule has 4 nitrogen and oxygen atoms in total. The second-order valence-electron chi connectivity index (χ2n) is 5.05. The van der Waals surface area contributed by atoms with Crippen LogP contribution in [0, 0.1) is 0 Å². The number of anilines is 1. The van der Waals surface area contributed by atoms with Crippen molar-refractivity contribution >= 4 is 27.6 Å².